The van der Waals surface area contributed by atoms with Crippen LogP contribution in [0, 0.1) is 0 Å². The van der Waals surface area contributed by atoms with E-state index in [2.05, 4.69) is 71.6 Å². The summed E-state index contributed by atoms with van der Waals surface area (Å²) in [6.07, 6.45) is 10.0. The molecule has 2 heterocycles. The number of nitrogens with zero attached hydrogens (tertiary/aromatic N) is 1. The SMILES string of the molecule is C(=Cc1sc2ccccc2c1-c1ccccc1)CCN1CCCCC1.Cl. The Morgan fingerprint density at radius 2 is 1.62 bits per heavy atom. The normalized spacial score (nSPS) is 15.4. The lowest BCUT2D eigenvalue weighted by Gasteiger charge is -2.25. The van der Waals surface area contributed by atoms with E-state index in [1.165, 1.54) is 65.0 Å². The largest absolute Gasteiger partial charge is 0.303 e. The molecule has 0 saturated carbocycles. The average Bonchev–Trinajstić information content (AvgIpc) is 3.05. The van der Waals surface area contributed by atoms with Crippen LogP contribution in [0.15, 0.2) is 60.7 Å². The molecule has 3 aromatic rings. The first-order chi connectivity index (χ1) is 12.4. The first kappa shape index (κ1) is 19.2. The van der Waals surface area contributed by atoms with Gasteiger partial charge in [0.15, 0.2) is 0 Å². The van der Waals surface area contributed by atoms with E-state index >= 15 is 0 Å². The van der Waals surface area contributed by atoms with Crippen molar-refractivity contribution in [2.75, 3.05) is 19.6 Å². The van der Waals surface area contributed by atoms with Gasteiger partial charge in [0.2, 0.25) is 0 Å². The molecule has 4 rings (SSSR count). The highest BCUT2D eigenvalue weighted by Crippen LogP contribution is 2.39. The molecule has 1 aliphatic rings. The lowest BCUT2D eigenvalue weighted by Crippen LogP contribution is -2.30. The zero-order valence-electron chi connectivity index (χ0n) is 15.1. The van der Waals surface area contributed by atoms with Gasteiger partial charge in [0.05, 0.1) is 0 Å². The highest BCUT2D eigenvalue weighted by Gasteiger charge is 2.12. The number of thiophene rings is 1. The summed E-state index contributed by atoms with van der Waals surface area (Å²) in [5.41, 5.74) is 2.70. The second-order valence-corrected chi connectivity index (χ2v) is 7.88. The van der Waals surface area contributed by atoms with Crippen LogP contribution in [0.2, 0.25) is 0 Å². The summed E-state index contributed by atoms with van der Waals surface area (Å²) in [6, 6.07) is 19.6. The number of hydrogen-bond donors (Lipinski definition) is 0. The quantitative estimate of drug-likeness (QED) is 0.464. The van der Waals surface area contributed by atoms with Gasteiger partial charge < -0.3 is 4.90 Å². The van der Waals surface area contributed by atoms with Crippen LogP contribution in [-0.4, -0.2) is 24.5 Å². The maximum atomic E-state index is 2.61. The minimum atomic E-state index is 0. The smallest absolute Gasteiger partial charge is 0.0358 e. The number of fused-ring (bicyclic) bond motifs is 1. The Hall–Kier alpha value is -1.61. The number of hydrogen-bond acceptors (Lipinski definition) is 2. The summed E-state index contributed by atoms with van der Waals surface area (Å²) in [7, 11) is 0. The van der Waals surface area contributed by atoms with Gasteiger partial charge in [-0.05, 0) is 50.1 Å². The van der Waals surface area contributed by atoms with Crippen molar-refractivity contribution in [3.8, 4) is 11.1 Å². The molecule has 0 bridgehead atoms. The second kappa shape index (κ2) is 9.36. The molecule has 2 aromatic carbocycles. The Bertz CT molecular complexity index is 847. The van der Waals surface area contributed by atoms with Gasteiger partial charge in [0, 0.05) is 27.1 Å². The van der Waals surface area contributed by atoms with Crippen molar-refractivity contribution in [3.05, 3.63) is 65.6 Å². The van der Waals surface area contributed by atoms with Crippen molar-refractivity contribution in [2.24, 2.45) is 0 Å². The maximum absolute atomic E-state index is 2.61. The van der Waals surface area contributed by atoms with Gasteiger partial charge in [0.1, 0.15) is 0 Å². The molecule has 1 saturated heterocycles. The molecule has 0 radical (unpaired) electrons. The monoisotopic (exact) mass is 383 g/mol. The Balaban J connectivity index is 0.00000196. The molecule has 1 aromatic heterocycles. The molecular weight excluding hydrogens is 358 g/mol. The summed E-state index contributed by atoms with van der Waals surface area (Å²) in [4.78, 5) is 3.99. The number of rotatable bonds is 5. The van der Waals surface area contributed by atoms with E-state index in [4.69, 9.17) is 0 Å². The molecule has 0 aliphatic carbocycles. The maximum Gasteiger partial charge on any atom is 0.0358 e. The number of halogens is 1. The minimum Gasteiger partial charge on any atom is -0.303 e. The van der Waals surface area contributed by atoms with E-state index in [9.17, 15) is 0 Å². The zero-order chi connectivity index (χ0) is 16.9. The first-order valence-corrected chi connectivity index (χ1v) is 10.2. The minimum absolute atomic E-state index is 0. The van der Waals surface area contributed by atoms with Crippen molar-refractivity contribution in [1.82, 2.24) is 4.90 Å². The van der Waals surface area contributed by atoms with Crippen LogP contribution in [0.5, 0.6) is 0 Å². The molecule has 1 fully saturated rings. The number of benzene rings is 2. The molecule has 26 heavy (non-hydrogen) atoms. The third kappa shape index (κ3) is 4.37. The molecule has 3 heteroatoms. The average molecular weight is 384 g/mol. The third-order valence-corrected chi connectivity index (χ3v) is 6.15. The molecule has 136 valence electrons. The van der Waals surface area contributed by atoms with Crippen LogP contribution < -0.4 is 0 Å². The standard InChI is InChI=1S/C23H25NS.ClH/c1-3-11-19(12-4-1)23-20-13-5-6-14-21(20)25-22(23)15-7-10-18-24-16-8-2-9-17-24;/h1,3-7,11-15H,2,8-10,16-18H2;1H. The topological polar surface area (TPSA) is 3.24 Å². The lowest BCUT2D eigenvalue weighted by atomic mass is 10.0. The van der Waals surface area contributed by atoms with Crippen molar-refractivity contribution in [1.29, 1.82) is 0 Å². The van der Waals surface area contributed by atoms with Gasteiger partial charge in [-0.3, -0.25) is 0 Å². The Morgan fingerprint density at radius 1 is 0.885 bits per heavy atom. The first-order valence-electron chi connectivity index (χ1n) is 9.38. The van der Waals surface area contributed by atoms with Gasteiger partial charge in [0.25, 0.3) is 0 Å². The number of likely N-dealkylation sites (tertiary alicyclic amines) is 1. The zero-order valence-corrected chi connectivity index (χ0v) is 16.7. The van der Waals surface area contributed by atoms with E-state index < -0.39 is 0 Å². The van der Waals surface area contributed by atoms with E-state index in [0.29, 0.717) is 0 Å². The third-order valence-electron chi connectivity index (χ3n) is 5.02. The summed E-state index contributed by atoms with van der Waals surface area (Å²) in [5, 5.41) is 1.37. The van der Waals surface area contributed by atoms with Gasteiger partial charge >= 0.3 is 0 Å². The van der Waals surface area contributed by atoms with Crippen molar-refractivity contribution in [2.45, 2.75) is 25.7 Å². The molecule has 0 amide bonds. The summed E-state index contributed by atoms with van der Waals surface area (Å²) in [5.74, 6) is 0. The second-order valence-electron chi connectivity index (χ2n) is 6.80. The highest BCUT2D eigenvalue weighted by atomic mass is 35.5. The van der Waals surface area contributed by atoms with E-state index in [1.807, 2.05) is 11.3 Å². The molecular formula is C23H26ClNS. The summed E-state index contributed by atoms with van der Waals surface area (Å²) in [6.45, 7) is 3.76. The van der Waals surface area contributed by atoms with Crippen molar-refractivity contribution >= 4 is 39.9 Å². The molecule has 0 atom stereocenters. The fourth-order valence-electron chi connectivity index (χ4n) is 3.71. The van der Waals surface area contributed by atoms with Crippen LogP contribution in [0.25, 0.3) is 27.3 Å². The molecule has 0 unspecified atom stereocenters. The Labute approximate surface area is 166 Å². The van der Waals surface area contributed by atoms with E-state index in [-0.39, 0.29) is 12.4 Å². The van der Waals surface area contributed by atoms with Crippen LogP contribution in [-0.2, 0) is 0 Å². The summed E-state index contributed by atoms with van der Waals surface area (Å²) < 4.78 is 1.37. The van der Waals surface area contributed by atoms with Gasteiger partial charge in [-0.15, -0.1) is 23.7 Å². The molecule has 0 spiro atoms. The lowest BCUT2D eigenvalue weighted by molar-refractivity contribution is 0.233. The summed E-state index contributed by atoms with van der Waals surface area (Å²) >= 11 is 1.90. The molecule has 1 nitrogen and oxygen atoms in total. The van der Waals surface area contributed by atoms with Crippen LogP contribution in [0.4, 0.5) is 0 Å². The van der Waals surface area contributed by atoms with E-state index in [1.54, 1.807) is 0 Å². The predicted octanol–water partition coefficient (Wildman–Crippen LogP) is 6.88. The fraction of sp³-hybridized carbons (Fsp3) is 0.304. The van der Waals surface area contributed by atoms with Gasteiger partial charge in [-0.1, -0.05) is 61.0 Å². The van der Waals surface area contributed by atoms with E-state index in [0.717, 1.165) is 6.42 Å². The van der Waals surface area contributed by atoms with Gasteiger partial charge in [-0.25, -0.2) is 0 Å². The van der Waals surface area contributed by atoms with Crippen LogP contribution in [0.1, 0.15) is 30.6 Å². The fourth-order valence-corrected chi connectivity index (χ4v) is 4.87. The molecule has 1 aliphatic heterocycles. The van der Waals surface area contributed by atoms with Crippen LogP contribution >= 0.6 is 23.7 Å². The highest BCUT2D eigenvalue weighted by molar-refractivity contribution is 7.20. The van der Waals surface area contributed by atoms with Crippen molar-refractivity contribution in [3.63, 3.8) is 0 Å². The Morgan fingerprint density at radius 3 is 2.42 bits per heavy atom. The predicted molar refractivity (Wildman–Crippen MR) is 118 cm³/mol. The van der Waals surface area contributed by atoms with Crippen molar-refractivity contribution < 1.29 is 0 Å². The van der Waals surface area contributed by atoms with Crippen LogP contribution in [0.3, 0.4) is 0 Å². The number of piperidine rings is 1. The molecule has 0 N–H and O–H groups in total. The Kier molecular flexibility index (Phi) is 6.90. The van der Waals surface area contributed by atoms with Gasteiger partial charge in [-0.2, -0.15) is 0 Å².